The molecule has 1 aliphatic rings. The standard InChI is InChI=1S/C34H29BrF3N5O4/c35-26-13-9-22(10-14-26)20-33(32(45)40-21-23-5-3-6-25(19-23)34(36,37)38)30(28-7-1-2-8-29(28)42-43-39)47-31(41-33)24-11-15-27(16-12-24)46-18-4-17-44/h1-3,5-16,19,30,44H,4,17-18,20-21H2,(H,40,45)/t30-,33-/m1/s1. The molecule has 4 aromatic carbocycles. The van der Waals surface area contributed by atoms with Crippen LogP contribution in [0.15, 0.2) is 112 Å². The molecule has 1 amide bonds. The van der Waals surface area contributed by atoms with Crippen molar-refractivity contribution in [3.8, 4) is 5.75 Å². The molecular weight excluding hydrogens is 679 g/mol. The quantitative estimate of drug-likeness (QED) is 0.0669. The summed E-state index contributed by atoms with van der Waals surface area (Å²) < 4.78 is 53.2. The molecule has 1 heterocycles. The summed E-state index contributed by atoms with van der Waals surface area (Å²) in [4.78, 5) is 22.3. The summed E-state index contributed by atoms with van der Waals surface area (Å²) >= 11 is 3.43. The number of aliphatic hydroxyl groups is 1. The van der Waals surface area contributed by atoms with Crippen LogP contribution in [0.1, 0.15) is 40.3 Å². The number of ether oxygens (including phenoxy) is 2. The highest BCUT2D eigenvalue weighted by atomic mass is 79.9. The number of aliphatic imine (C=N–C) groups is 1. The molecule has 5 rings (SSSR count). The first-order chi connectivity index (χ1) is 22.6. The van der Waals surface area contributed by atoms with E-state index in [9.17, 15) is 23.5 Å². The minimum Gasteiger partial charge on any atom is -0.494 e. The highest BCUT2D eigenvalue weighted by molar-refractivity contribution is 9.10. The number of aliphatic hydroxyl groups excluding tert-OH is 1. The highest BCUT2D eigenvalue weighted by Crippen LogP contribution is 2.45. The Morgan fingerprint density at radius 3 is 2.49 bits per heavy atom. The third-order valence-corrected chi connectivity index (χ3v) is 8.02. The molecule has 2 atom stereocenters. The van der Waals surface area contributed by atoms with E-state index in [-0.39, 0.29) is 36.7 Å². The van der Waals surface area contributed by atoms with Crippen molar-refractivity contribution in [1.82, 2.24) is 5.32 Å². The van der Waals surface area contributed by atoms with Gasteiger partial charge in [0.15, 0.2) is 11.6 Å². The lowest BCUT2D eigenvalue weighted by Gasteiger charge is -2.31. The van der Waals surface area contributed by atoms with Gasteiger partial charge < -0.3 is 19.9 Å². The Bertz CT molecular complexity index is 1790. The van der Waals surface area contributed by atoms with Gasteiger partial charge in [-0.3, -0.25) is 4.79 Å². The maximum absolute atomic E-state index is 14.5. The molecular formula is C34H29BrF3N5O4. The Balaban J connectivity index is 1.59. The lowest BCUT2D eigenvalue weighted by Crippen LogP contribution is -2.49. The van der Waals surface area contributed by atoms with Gasteiger partial charge >= 0.3 is 6.18 Å². The van der Waals surface area contributed by atoms with E-state index in [2.05, 4.69) is 31.3 Å². The first kappa shape index (κ1) is 33.5. The van der Waals surface area contributed by atoms with Gasteiger partial charge in [0.2, 0.25) is 5.90 Å². The molecule has 2 N–H and O–H groups in total. The zero-order chi connectivity index (χ0) is 33.4. The number of hydrogen-bond donors (Lipinski definition) is 2. The van der Waals surface area contributed by atoms with E-state index < -0.39 is 29.3 Å². The molecule has 0 radical (unpaired) electrons. The van der Waals surface area contributed by atoms with Crippen LogP contribution in [0.5, 0.6) is 5.75 Å². The highest BCUT2D eigenvalue weighted by Gasteiger charge is 2.53. The number of rotatable bonds is 12. The molecule has 0 unspecified atom stereocenters. The Kier molecular flexibility index (Phi) is 10.5. The van der Waals surface area contributed by atoms with Gasteiger partial charge in [-0.2, -0.15) is 13.2 Å². The number of hydrogen-bond acceptors (Lipinski definition) is 6. The summed E-state index contributed by atoms with van der Waals surface area (Å²) in [6.45, 7) is 0.117. The molecule has 0 saturated heterocycles. The van der Waals surface area contributed by atoms with Crippen LogP contribution in [0.25, 0.3) is 10.4 Å². The molecule has 1 aliphatic heterocycles. The predicted octanol–water partition coefficient (Wildman–Crippen LogP) is 7.99. The fraction of sp³-hybridized carbons (Fsp3) is 0.235. The topological polar surface area (TPSA) is 129 Å². The average Bonchev–Trinajstić information content (AvgIpc) is 3.45. The Morgan fingerprint density at radius 2 is 1.79 bits per heavy atom. The number of carbonyl (C=O) groups excluding carboxylic acids is 1. The molecule has 0 saturated carbocycles. The third kappa shape index (κ3) is 7.94. The van der Waals surface area contributed by atoms with Crippen LogP contribution in [-0.4, -0.2) is 35.7 Å². The lowest BCUT2D eigenvalue weighted by atomic mass is 9.81. The van der Waals surface area contributed by atoms with Crippen molar-refractivity contribution in [3.63, 3.8) is 0 Å². The Morgan fingerprint density at radius 1 is 1.04 bits per heavy atom. The van der Waals surface area contributed by atoms with Gasteiger partial charge in [-0.05, 0) is 65.2 Å². The summed E-state index contributed by atoms with van der Waals surface area (Å²) in [6, 6.07) is 25.6. The number of carbonyl (C=O) groups is 1. The van der Waals surface area contributed by atoms with Crippen LogP contribution in [0.4, 0.5) is 18.9 Å². The van der Waals surface area contributed by atoms with E-state index in [1.54, 1.807) is 48.5 Å². The van der Waals surface area contributed by atoms with Crippen molar-refractivity contribution in [2.45, 2.75) is 37.2 Å². The molecule has 47 heavy (non-hydrogen) atoms. The fourth-order valence-electron chi connectivity index (χ4n) is 5.21. The monoisotopic (exact) mass is 707 g/mol. The number of azide groups is 1. The second-order valence-electron chi connectivity index (χ2n) is 10.7. The molecule has 0 spiro atoms. The minimum atomic E-state index is -4.54. The number of benzene rings is 4. The van der Waals surface area contributed by atoms with Crippen LogP contribution >= 0.6 is 15.9 Å². The van der Waals surface area contributed by atoms with Gasteiger partial charge in [-0.25, -0.2) is 4.99 Å². The molecule has 13 heteroatoms. The summed E-state index contributed by atoms with van der Waals surface area (Å²) in [6.07, 6.45) is -5.13. The molecule has 0 bridgehead atoms. The normalized spacial score (nSPS) is 17.3. The van der Waals surface area contributed by atoms with E-state index in [1.165, 1.54) is 12.1 Å². The zero-order valence-electron chi connectivity index (χ0n) is 24.8. The van der Waals surface area contributed by atoms with Gasteiger partial charge in [0, 0.05) is 52.2 Å². The summed E-state index contributed by atoms with van der Waals surface area (Å²) in [5.74, 6) is 0.0995. The van der Waals surface area contributed by atoms with E-state index in [0.717, 1.165) is 22.2 Å². The number of amides is 1. The predicted molar refractivity (Wildman–Crippen MR) is 173 cm³/mol. The Labute approximate surface area is 276 Å². The summed E-state index contributed by atoms with van der Waals surface area (Å²) in [5, 5.41) is 15.7. The number of nitrogens with zero attached hydrogens (tertiary/aromatic N) is 4. The molecule has 0 aromatic heterocycles. The van der Waals surface area contributed by atoms with Crippen molar-refractivity contribution < 1.29 is 32.5 Å². The third-order valence-electron chi connectivity index (χ3n) is 7.50. The van der Waals surface area contributed by atoms with Crippen molar-refractivity contribution in [2.75, 3.05) is 13.2 Å². The van der Waals surface area contributed by atoms with Gasteiger partial charge in [0.1, 0.15) is 5.75 Å². The number of halogens is 4. The second kappa shape index (κ2) is 14.7. The SMILES string of the molecule is [N-]=[N+]=Nc1ccccc1[C@H]1OC(c2ccc(OCCCO)cc2)=N[C@@]1(Cc1ccc(Br)cc1)C(=O)NCc1cccc(C(F)(F)F)c1. The van der Waals surface area contributed by atoms with Gasteiger partial charge in [-0.15, -0.1) is 0 Å². The van der Waals surface area contributed by atoms with Gasteiger partial charge in [0.25, 0.3) is 5.91 Å². The maximum atomic E-state index is 14.5. The van der Waals surface area contributed by atoms with E-state index in [1.807, 2.05) is 24.3 Å². The van der Waals surface area contributed by atoms with Crippen molar-refractivity contribution in [1.29, 1.82) is 0 Å². The van der Waals surface area contributed by atoms with E-state index in [0.29, 0.717) is 29.9 Å². The summed E-state index contributed by atoms with van der Waals surface area (Å²) in [5.41, 5.74) is 8.95. The molecule has 0 aliphatic carbocycles. The van der Waals surface area contributed by atoms with Crippen LogP contribution in [0.2, 0.25) is 0 Å². The van der Waals surface area contributed by atoms with E-state index in [4.69, 9.17) is 19.6 Å². The van der Waals surface area contributed by atoms with Crippen molar-refractivity contribution in [2.24, 2.45) is 10.1 Å². The second-order valence-corrected chi connectivity index (χ2v) is 11.6. The Hall–Kier alpha value is -4.84. The van der Waals surface area contributed by atoms with Gasteiger partial charge in [0.05, 0.1) is 12.2 Å². The van der Waals surface area contributed by atoms with Crippen LogP contribution in [-0.2, 0) is 28.7 Å². The lowest BCUT2D eigenvalue weighted by molar-refractivity contribution is -0.137. The zero-order valence-corrected chi connectivity index (χ0v) is 26.4. The maximum Gasteiger partial charge on any atom is 0.416 e. The molecule has 0 fully saturated rings. The number of alkyl halides is 3. The van der Waals surface area contributed by atoms with Crippen LogP contribution in [0.3, 0.4) is 0 Å². The van der Waals surface area contributed by atoms with Crippen molar-refractivity contribution >= 4 is 33.4 Å². The fourth-order valence-corrected chi connectivity index (χ4v) is 5.48. The van der Waals surface area contributed by atoms with Crippen molar-refractivity contribution in [3.05, 3.63) is 140 Å². The first-order valence-electron chi connectivity index (χ1n) is 14.6. The number of nitrogens with one attached hydrogen (secondary N) is 1. The average molecular weight is 709 g/mol. The molecule has 242 valence electrons. The van der Waals surface area contributed by atoms with Crippen LogP contribution < -0.4 is 10.1 Å². The molecule has 4 aromatic rings. The first-order valence-corrected chi connectivity index (χ1v) is 15.4. The molecule has 9 nitrogen and oxygen atoms in total. The smallest absolute Gasteiger partial charge is 0.416 e. The minimum absolute atomic E-state index is 0.00227. The van der Waals surface area contributed by atoms with Crippen LogP contribution in [0, 0.1) is 0 Å². The van der Waals surface area contributed by atoms with Gasteiger partial charge in [-0.1, -0.05) is 69.6 Å². The summed E-state index contributed by atoms with van der Waals surface area (Å²) in [7, 11) is 0. The van der Waals surface area contributed by atoms with E-state index >= 15 is 0 Å². The largest absolute Gasteiger partial charge is 0.494 e.